The Kier molecular flexibility index (Phi) is 11.6. The smallest absolute Gasteiger partial charge is 0.386 e. The van der Waals surface area contributed by atoms with Crippen LogP contribution >= 0.6 is 0 Å². The number of imide groups is 1. The first kappa shape index (κ1) is 42.5. The number of aromatic nitrogens is 3. The van der Waals surface area contributed by atoms with Crippen molar-refractivity contribution in [2.45, 2.75) is 102 Å². The van der Waals surface area contributed by atoms with Crippen molar-refractivity contribution >= 4 is 40.2 Å². The minimum absolute atomic E-state index is 0.0871. The summed E-state index contributed by atoms with van der Waals surface area (Å²) in [4.78, 5) is 60.9. The number of nitrogens with zero attached hydrogens (tertiary/aromatic N) is 6. The van der Waals surface area contributed by atoms with Crippen molar-refractivity contribution in [3.8, 4) is 0 Å². The van der Waals surface area contributed by atoms with Crippen LogP contribution in [0.15, 0.2) is 54.7 Å². The molecule has 13 nitrogen and oxygen atoms in total. The number of benzene rings is 2. The van der Waals surface area contributed by atoms with Gasteiger partial charge in [-0.05, 0) is 126 Å². The molecule has 2 atom stereocenters. The van der Waals surface area contributed by atoms with E-state index in [1.807, 2.05) is 23.0 Å². The van der Waals surface area contributed by atoms with Gasteiger partial charge in [-0.1, -0.05) is 18.2 Å². The van der Waals surface area contributed by atoms with E-state index < -0.39 is 29.3 Å². The average molecular weight is 843 g/mol. The predicted molar refractivity (Wildman–Crippen MR) is 221 cm³/mol. The Labute approximate surface area is 352 Å². The normalized spacial score (nSPS) is 23.2. The maximum atomic E-state index is 13.3. The van der Waals surface area contributed by atoms with Crippen LogP contribution in [0.2, 0.25) is 0 Å². The van der Waals surface area contributed by atoms with Crippen molar-refractivity contribution < 1.29 is 37.5 Å². The van der Waals surface area contributed by atoms with Gasteiger partial charge in [-0.3, -0.25) is 34.1 Å². The van der Waals surface area contributed by atoms with Gasteiger partial charge in [0.05, 0.1) is 29.1 Å². The van der Waals surface area contributed by atoms with Crippen LogP contribution in [-0.4, -0.2) is 98.0 Å². The summed E-state index contributed by atoms with van der Waals surface area (Å²) in [7, 11) is 3.96. The highest BCUT2D eigenvalue weighted by Gasteiger charge is 2.44. The lowest BCUT2D eigenvalue weighted by molar-refractivity contribution is -0.141. The topological polar surface area (TPSA) is 153 Å². The number of fused-ring (bicyclic) bond motifs is 2. The number of aliphatic hydroxyl groups is 1. The zero-order chi connectivity index (χ0) is 43.4. The van der Waals surface area contributed by atoms with Crippen molar-refractivity contribution in [2.75, 3.05) is 39.0 Å². The number of hydrogen-bond acceptors (Lipinski definition) is 9. The van der Waals surface area contributed by atoms with Crippen LogP contribution in [-0.2, 0) is 27.9 Å². The Balaban J connectivity index is 0.835. The molecule has 2 saturated heterocycles. The molecule has 324 valence electrons. The number of alkyl halides is 3. The predicted octanol–water partition coefficient (Wildman–Crippen LogP) is 6.44. The van der Waals surface area contributed by atoms with Gasteiger partial charge in [-0.2, -0.15) is 18.3 Å². The molecule has 4 aliphatic rings. The van der Waals surface area contributed by atoms with E-state index in [9.17, 15) is 37.5 Å². The van der Waals surface area contributed by atoms with E-state index in [1.54, 1.807) is 37.9 Å². The Morgan fingerprint density at radius 2 is 1.72 bits per heavy atom. The quantitative estimate of drug-likeness (QED) is 0.153. The number of halogens is 3. The van der Waals surface area contributed by atoms with Crippen molar-refractivity contribution in [3.05, 3.63) is 88.4 Å². The fraction of sp³-hybridized carbons (Fsp3) is 0.511. The SMILES string of the molecule is CN(C[C@H]1CC[C@H](n2cc3cc(NC(=O)c4cccc(C(F)(F)F)n4)c(C(C)(C)O)cc3n2)CC1)C1CCN(Cc2ccc3c(c2)C(=O)N(C)C3C2CCC(=O)NC2=O)CC1. The maximum Gasteiger partial charge on any atom is 0.433 e. The zero-order valence-electron chi connectivity index (χ0n) is 35.0. The molecular formula is C45H53F3N8O5. The molecule has 2 unspecified atom stereocenters. The molecule has 16 heteroatoms. The lowest BCUT2D eigenvalue weighted by Crippen LogP contribution is -2.45. The van der Waals surface area contributed by atoms with E-state index >= 15 is 0 Å². The maximum absolute atomic E-state index is 13.3. The van der Waals surface area contributed by atoms with Crippen molar-refractivity contribution in [1.29, 1.82) is 0 Å². The molecule has 3 fully saturated rings. The second-order valence-electron chi connectivity index (χ2n) is 17.9. The molecule has 0 spiro atoms. The molecule has 2 aromatic carbocycles. The zero-order valence-corrected chi connectivity index (χ0v) is 35.0. The Bertz CT molecular complexity index is 2340. The third kappa shape index (κ3) is 8.93. The minimum Gasteiger partial charge on any atom is -0.386 e. The molecule has 0 radical (unpaired) electrons. The Hall–Kier alpha value is -5.19. The third-order valence-electron chi connectivity index (χ3n) is 13.2. The summed E-state index contributed by atoms with van der Waals surface area (Å²) >= 11 is 0. The van der Waals surface area contributed by atoms with Gasteiger partial charge in [-0.15, -0.1) is 0 Å². The molecule has 0 bridgehead atoms. The summed E-state index contributed by atoms with van der Waals surface area (Å²) in [5.41, 5.74) is 0.965. The lowest BCUT2D eigenvalue weighted by Gasteiger charge is -2.39. The summed E-state index contributed by atoms with van der Waals surface area (Å²) in [5.74, 6) is -1.36. The summed E-state index contributed by atoms with van der Waals surface area (Å²) in [5, 5.41) is 21.7. The molecule has 4 amide bonds. The molecule has 3 N–H and O–H groups in total. The Morgan fingerprint density at radius 3 is 2.41 bits per heavy atom. The number of pyridine rings is 1. The monoisotopic (exact) mass is 842 g/mol. The highest BCUT2D eigenvalue weighted by molar-refractivity contribution is 6.05. The number of amides is 4. The second-order valence-corrected chi connectivity index (χ2v) is 17.9. The van der Waals surface area contributed by atoms with Crippen molar-refractivity contribution in [3.63, 3.8) is 0 Å². The van der Waals surface area contributed by atoms with Crippen molar-refractivity contribution in [1.82, 2.24) is 34.8 Å². The first-order chi connectivity index (χ1) is 28.9. The summed E-state index contributed by atoms with van der Waals surface area (Å²) in [6, 6.07) is 12.9. The first-order valence-corrected chi connectivity index (χ1v) is 21.2. The van der Waals surface area contributed by atoms with Crippen LogP contribution < -0.4 is 10.6 Å². The van der Waals surface area contributed by atoms with Gasteiger partial charge in [-0.25, -0.2) is 4.98 Å². The molecule has 8 rings (SSSR count). The van der Waals surface area contributed by atoms with Gasteiger partial charge in [0.15, 0.2) is 0 Å². The number of likely N-dealkylation sites (tertiary alicyclic amines) is 1. The van der Waals surface area contributed by atoms with Crippen LogP contribution in [0, 0.1) is 11.8 Å². The molecule has 1 aliphatic carbocycles. The molecule has 5 heterocycles. The molecule has 3 aliphatic heterocycles. The van der Waals surface area contributed by atoms with E-state index in [4.69, 9.17) is 5.10 Å². The van der Waals surface area contributed by atoms with Crippen molar-refractivity contribution in [2.24, 2.45) is 11.8 Å². The number of rotatable bonds is 10. The van der Waals surface area contributed by atoms with E-state index in [0.29, 0.717) is 35.0 Å². The number of nitrogens with one attached hydrogen (secondary N) is 2. The summed E-state index contributed by atoms with van der Waals surface area (Å²) in [6.45, 7) is 6.84. The molecule has 2 aromatic heterocycles. The van der Waals surface area contributed by atoms with Gasteiger partial charge in [0, 0.05) is 61.0 Å². The van der Waals surface area contributed by atoms with E-state index in [2.05, 4.69) is 38.5 Å². The summed E-state index contributed by atoms with van der Waals surface area (Å²) < 4.78 is 41.8. The van der Waals surface area contributed by atoms with Gasteiger partial charge in [0.2, 0.25) is 11.8 Å². The number of carbonyl (C=O) groups excluding carboxylic acids is 4. The second kappa shape index (κ2) is 16.6. The van der Waals surface area contributed by atoms with Gasteiger partial charge >= 0.3 is 6.18 Å². The lowest BCUT2D eigenvalue weighted by atomic mass is 9.85. The van der Waals surface area contributed by atoms with Crippen LogP contribution in [0.1, 0.15) is 121 Å². The van der Waals surface area contributed by atoms with Crippen LogP contribution in [0.25, 0.3) is 10.9 Å². The standard InChI is InChI=1S/C45H53F3N8O5/c1-44(2,61)34-22-36-28(21-37(34)50-42(59)35-6-5-7-38(49-35)45(46,47)48)25-56(52-36)30-11-8-26(9-12-30)23-53(3)29-16-18-55(19-17-29)24-27-10-13-31-33(20-27)43(60)54(4)40(31)32-14-15-39(57)51-41(32)58/h5-7,10,13,20-22,25-26,29-30,32,40,61H,8-9,11-12,14-19,23-24H2,1-4H3,(H,50,59)(H,51,57,58)/t26-,30-,32?,40?. The van der Waals surface area contributed by atoms with Crippen LogP contribution in [0.3, 0.4) is 0 Å². The molecule has 4 aromatic rings. The highest BCUT2D eigenvalue weighted by atomic mass is 19.4. The summed E-state index contributed by atoms with van der Waals surface area (Å²) in [6.07, 6.45) is 4.10. The molecule has 1 saturated carbocycles. The van der Waals surface area contributed by atoms with Gasteiger partial charge < -0.3 is 20.2 Å². The molecule has 61 heavy (non-hydrogen) atoms. The average Bonchev–Trinajstić information content (AvgIpc) is 3.74. The first-order valence-electron chi connectivity index (χ1n) is 21.2. The number of anilines is 1. The number of carbonyl (C=O) groups is 4. The fourth-order valence-electron chi connectivity index (χ4n) is 9.89. The third-order valence-corrected chi connectivity index (χ3v) is 13.2. The van der Waals surface area contributed by atoms with E-state index in [1.165, 1.54) is 6.07 Å². The number of hydrogen-bond donors (Lipinski definition) is 3. The minimum atomic E-state index is -4.69. The van der Waals surface area contributed by atoms with Gasteiger partial charge in [0.1, 0.15) is 11.4 Å². The fourth-order valence-corrected chi connectivity index (χ4v) is 9.89. The van der Waals surface area contributed by atoms with Gasteiger partial charge in [0.25, 0.3) is 11.8 Å². The molecular weight excluding hydrogens is 790 g/mol. The largest absolute Gasteiger partial charge is 0.433 e. The van der Waals surface area contributed by atoms with E-state index in [0.717, 1.165) is 93.3 Å². The number of piperidine rings is 2. The Morgan fingerprint density at radius 1 is 0.984 bits per heavy atom. The van der Waals surface area contributed by atoms with Crippen LogP contribution in [0.4, 0.5) is 18.9 Å². The highest BCUT2D eigenvalue weighted by Crippen LogP contribution is 2.41. The van der Waals surface area contributed by atoms with E-state index in [-0.39, 0.29) is 47.6 Å². The van der Waals surface area contributed by atoms with Crippen LogP contribution in [0.5, 0.6) is 0 Å².